The van der Waals surface area contributed by atoms with Crippen LogP contribution in [0.4, 0.5) is 17.3 Å². The van der Waals surface area contributed by atoms with Gasteiger partial charge in [-0.25, -0.2) is 9.97 Å². The van der Waals surface area contributed by atoms with E-state index in [0.29, 0.717) is 22.3 Å². The number of nitrogen functional groups attached to an aromatic ring is 1. The summed E-state index contributed by atoms with van der Waals surface area (Å²) < 4.78 is 5.26. The van der Waals surface area contributed by atoms with Crippen molar-refractivity contribution in [2.75, 3.05) is 18.2 Å². The maximum Gasteiger partial charge on any atom is 0.154 e. The van der Waals surface area contributed by atoms with Gasteiger partial charge in [0.15, 0.2) is 5.82 Å². The minimum Gasteiger partial charge on any atom is -0.495 e. The van der Waals surface area contributed by atoms with E-state index in [1.54, 1.807) is 13.2 Å². The summed E-state index contributed by atoms with van der Waals surface area (Å²) in [5, 5.41) is 3.94. The minimum absolute atomic E-state index is 0.212. The number of methoxy groups -OCH3 is 1. The summed E-state index contributed by atoms with van der Waals surface area (Å²) in [6, 6.07) is 3.56. The van der Waals surface area contributed by atoms with Gasteiger partial charge in [-0.05, 0) is 18.6 Å². The van der Waals surface area contributed by atoms with Gasteiger partial charge in [-0.2, -0.15) is 0 Å². The van der Waals surface area contributed by atoms with E-state index in [4.69, 9.17) is 33.7 Å². The Morgan fingerprint density at radius 1 is 1.26 bits per heavy atom. The Morgan fingerprint density at radius 2 is 2.00 bits per heavy atom. The zero-order chi connectivity index (χ0) is 14.0. The molecule has 0 unspecified atom stereocenters. The molecular formula is C12H12Cl2N4O. The molecule has 0 aliphatic heterocycles. The van der Waals surface area contributed by atoms with Gasteiger partial charge >= 0.3 is 0 Å². The van der Waals surface area contributed by atoms with Gasteiger partial charge in [-0.15, -0.1) is 0 Å². The Morgan fingerprint density at radius 3 is 2.68 bits per heavy atom. The normalized spacial score (nSPS) is 10.3. The molecule has 2 aromatic rings. The van der Waals surface area contributed by atoms with Crippen LogP contribution in [0, 0.1) is 6.92 Å². The molecule has 1 aromatic heterocycles. The number of rotatable bonds is 3. The highest BCUT2D eigenvalue weighted by Gasteiger charge is 2.11. The van der Waals surface area contributed by atoms with Gasteiger partial charge in [0.05, 0.1) is 12.8 Å². The summed E-state index contributed by atoms with van der Waals surface area (Å²) in [6.07, 6.45) is 1.33. The fraction of sp³-hybridized carbons (Fsp3) is 0.167. The highest BCUT2D eigenvalue weighted by atomic mass is 35.5. The number of nitrogens with one attached hydrogen (secondary N) is 1. The van der Waals surface area contributed by atoms with Crippen molar-refractivity contribution in [1.82, 2.24) is 9.97 Å². The van der Waals surface area contributed by atoms with E-state index in [0.717, 1.165) is 5.56 Å². The van der Waals surface area contributed by atoms with Gasteiger partial charge in [0.2, 0.25) is 0 Å². The number of halogens is 2. The van der Waals surface area contributed by atoms with Crippen molar-refractivity contribution in [3.8, 4) is 5.75 Å². The third-order valence-electron chi connectivity index (χ3n) is 2.55. The molecule has 7 heteroatoms. The Bertz CT molecular complexity index is 619. The first-order valence-corrected chi connectivity index (χ1v) is 6.15. The molecule has 0 atom stereocenters. The first-order chi connectivity index (χ1) is 9.02. The SMILES string of the molecule is COc1cc(Cl)c(C)cc1Nc1ncnc(N)c1Cl. The van der Waals surface area contributed by atoms with Crippen molar-refractivity contribution in [3.63, 3.8) is 0 Å². The fourth-order valence-corrected chi connectivity index (χ4v) is 1.83. The van der Waals surface area contributed by atoms with E-state index >= 15 is 0 Å². The number of hydrogen-bond acceptors (Lipinski definition) is 5. The predicted molar refractivity (Wildman–Crippen MR) is 77.5 cm³/mol. The zero-order valence-electron chi connectivity index (χ0n) is 10.4. The van der Waals surface area contributed by atoms with E-state index in [9.17, 15) is 0 Å². The molecule has 0 amide bonds. The molecule has 0 spiro atoms. The van der Waals surface area contributed by atoms with Gasteiger partial charge in [0, 0.05) is 11.1 Å². The molecule has 0 aliphatic rings. The molecule has 0 aliphatic carbocycles. The number of anilines is 3. The molecule has 1 aromatic carbocycles. The van der Waals surface area contributed by atoms with Gasteiger partial charge < -0.3 is 15.8 Å². The maximum absolute atomic E-state index is 6.04. The molecule has 0 fully saturated rings. The molecule has 0 saturated heterocycles. The fourth-order valence-electron chi connectivity index (χ4n) is 1.53. The standard InChI is InChI=1S/C12H12Cl2N4O/c1-6-3-8(9(19-2)4-7(6)13)18-12-10(14)11(15)16-5-17-12/h3-5H,1-2H3,(H3,15,16,17,18). The van der Waals surface area contributed by atoms with Gasteiger partial charge in [-0.3, -0.25) is 0 Å². The minimum atomic E-state index is 0.212. The number of hydrogen-bond donors (Lipinski definition) is 2. The first-order valence-electron chi connectivity index (χ1n) is 5.40. The van der Waals surface area contributed by atoms with Crippen LogP contribution in [-0.4, -0.2) is 17.1 Å². The lowest BCUT2D eigenvalue weighted by Gasteiger charge is -2.13. The number of aryl methyl sites for hydroxylation is 1. The van der Waals surface area contributed by atoms with Crippen molar-refractivity contribution >= 4 is 40.5 Å². The van der Waals surface area contributed by atoms with Gasteiger partial charge in [0.25, 0.3) is 0 Å². The summed E-state index contributed by atoms with van der Waals surface area (Å²) >= 11 is 12.1. The quantitative estimate of drug-likeness (QED) is 0.908. The highest BCUT2D eigenvalue weighted by molar-refractivity contribution is 6.35. The summed E-state index contributed by atoms with van der Waals surface area (Å²) in [6.45, 7) is 1.89. The lowest BCUT2D eigenvalue weighted by molar-refractivity contribution is 0.416. The first kappa shape index (κ1) is 13.7. The molecule has 0 bridgehead atoms. The molecular weight excluding hydrogens is 287 g/mol. The van der Waals surface area contributed by atoms with E-state index in [1.807, 2.05) is 13.0 Å². The van der Waals surface area contributed by atoms with E-state index in [1.165, 1.54) is 6.33 Å². The average molecular weight is 299 g/mol. The lowest BCUT2D eigenvalue weighted by atomic mass is 10.2. The van der Waals surface area contributed by atoms with Crippen molar-refractivity contribution < 1.29 is 4.74 Å². The molecule has 5 nitrogen and oxygen atoms in total. The maximum atomic E-state index is 6.04. The Hall–Kier alpha value is -1.72. The molecule has 2 rings (SSSR count). The van der Waals surface area contributed by atoms with Crippen LogP contribution in [0.5, 0.6) is 5.75 Å². The summed E-state index contributed by atoms with van der Waals surface area (Å²) in [5.41, 5.74) is 7.23. The predicted octanol–water partition coefficient (Wildman–Crippen LogP) is 3.43. The second-order valence-corrected chi connectivity index (χ2v) is 4.63. The number of ether oxygens (including phenoxy) is 1. The van der Waals surface area contributed by atoms with Crippen molar-refractivity contribution in [2.24, 2.45) is 0 Å². The third-order valence-corrected chi connectivity index (χ3v) is 3.33. The number of benzene rings is 1. The zero-order valence-corrected chi connectivity index (χ0v) is 11.9. The monoisotopic (exact) mass is 298 g/mol. The van der Waals surface area contributed by atoms with Gasteiger partial charge in [-0.1, -0.05) is 23.2 Å². The Balaban J connectivity index is 2.43. The van der Waals surface area contributed by atoms with E-state index in [-0.39, 0.29) is 10.8 Å². The topological polar surface area (TPSA) is 73.1 Å². The van der Waals surface area contributed by atoms with Crippen LogP contribution in [0.1, 0.15) is 5.56 Å². The van der Waals surface area contributed by atoms with Crippen LogP contribution in [0.25, 0.3) is 0 Å². The molecule has 100 valence electrons. The summed E-state index contributed by atoms with van der Waals surface area (Å²) in [5.74, 6) is 1.21. The molecule has 0 saturated carbocycles. The lowest BCUT2D eigenvalue weighted by Crippen LogP contribution is -2.01. The van der Waals surface area contributed by atoms with Crippen molar-refractivity contribution in [1.29, 1.82) is 0 Å². The molecule has 19 heavy (non-hydrogen) atoms. The second-order valence-electron chi connectivity index (χ2n) is 3.85. The van der Waals surface area contributed by atoms with Crippen molar-refractivity contribution in [2.45, 2.75) is 6.92 Å². The molecule has 0 radical (unpaired) electrons. The van der Waals surface area contributed by atoms with Crippen LogP contribution < -0.4 is 15.8 Å². The van der Waals surface area contributed by atoms with Crippen LogP contribution in [0.15, 0.2) is 18.5 Å². The number of nitrogens with zero attached hydrogens (tertiary/aromatic N) is 2. The molecule has 1 heterocycles. The Labute approximate surface area is 120 Å². The third kappa shape index (κ3) is 2.83. The highest BCUT2D eigenvalue weighted by Crippen LogP contribution is 2.34. The van der Waals surface area contributed by atoms with Gasteiger partial charge in [0.1, 0.15) is 22.9 Å². The smallest absolute Gasteiger partial charge is 0.154 e. The van der Waals surface area contributed by atoms with E-state index in [2.05, 4.69) is 15.3 Å². The van der Waals surface area contributed by atoms with Crippen LogP contribution in [0.3, 0.4) is 0 Å². The second kappa shape index (κ2) is 5.50. The van der Waals surface area contributed by atoms with Crippen LogP contribution in [0.2, 0.25) is 10.0 Å². The van der Waals surface area contributed by atoms with E-state index < -0.39 is 0 Å². The average Bonchev–Trinajstić information content (AvgIpc) is 2.39. The summed E-state index contributed by atoms with van der Waals surface area (Å²) in [4.78, 5) is 7.84. The summed E-state index contributed by atoms with van der Waals surface area (Å²) in [7, 11) is 1.56. The van der Waals surface area contributed by atoms with Crippen LogP contribution >= 0.6 is 23.2 Å². The van der Waals surface area contributed by atoms with Crippen LogP contribution in [-0.2, 0) is 0 Å². The van der Waals surface area contributed by atoms with Crippen molar-refractivity contribution in [3.05, 3.63) is 34.1 Å². The number of nitrogens with two attached hydrogens (primary N) is 1. The Kier molecular flexibility index (Phi) is 3.97. The largest absolute Gasteiger partial charge is 0.495 e. The molecule has 3 N–H and O–H groups in total. The number of aromatic nitrogens is 2.